The van der Waals surface area contributed by atoms with Crippen molar-refractivity contribution in [2.45, 2.75) is 63.9 Å². The van der Waals surface area contributed by atoms with E-state index in [9.17, 15) is 0 Å². The molecule has 1 saturated carbocycles. The standard InChI is InChI=1S/C15H26Br2O/c16-11-15(12-17,13-5-1-2-6-13)9-3-7-14-8-4-10-18-14/h13-14H,1-12H2. The molecule has 2 fully saturated rings. The van der Waals surface area contributed by atoms with Gasteiger partial charge in [0.25, 0.3) is 0 Å². The predicted octanol–water partition coefficient (Wildman–Crippen LogP) is 5.30. The van der Waals surface area contributed by atoms with E-state index in [2.05, 4.69) is 31.9 Å². The molecule has 2 rings (SSSR count). The molecule has 0 aromatic carbocycles. The maximum atomic E-state index is 5.74. The Morgan fingerprint density at radius 1 is 1.00 bits per heavy atom. The van der Waals surface area contributed by atoms with Crippen molar-refractivity contribution in [2.24, 2.45) is 11.3 Å². The fourth-order valence-corrected chi connectivity index (χ4v) is 6.09. The van der Waals surface area contributed by atoms with E-state index in [1.165, 1.54) is 57.8 Å². The summed E-state index contributed by atoms with van der Waals surface area (Å²) in [4.78, 5) is 0. The van der Waals surface area contributed by atoms with E-state index < -0.39 is 0 Å². The van der Waals surface area contributed by atoms with Gasteiger partial charge < -0.3 is 4.74 Å². The third kappa shape index (κ3) is 3.73. The first-order valence-corrected chi connectivity index (χ1v) is 9.78. The molecule has 0 radical (unpaired) electrons. The number of halogens is 2. The van der Waals surface area contributed by atoms with Crippen LogP contribution in [0.25, 0.3) is 0 Å². The quantitative estimate of drug-likeness (QED) is 0.543. The summed E-state index contributed by atoms with van der Waals surface area (Å²) in [5, 5.41) is 2.31. The highest BCUT2D eigenvalue weighted by Crippen LogP contribution is 2.46. The molecule has 0 amide bonds. The van der Waals surface area contributed by atoms with Crippen molar-refractivity contribution in [3.8, 4) is 0 Å². The van der Waals surface area contributed by atoms with Crippen LogP contribution in [0.2, 0.25) is 0 Å². The van der Waals surface area contributed by atoms with E-state index in [0.29, 0.717) is 11.5 Å². The highest BCUT2D eigenvalue weighted by molar-refractivity contribution is 9.09. The summed E-state index contributed by atoms with van der Waals surface area (Å²) in [6, 6.07) is 0. The first-order chi connectivity index (χ1) is 8.80. The minimum absolute atomic E-state index is 0.495. The van der Waals surface area contributed by atoms with Crippen molar-refractivity contribution in [3.05, 3.63) is 0 Å². The van der Waals surface area contributed by atoms with E-state index >= 15 is 0 Å². The van der Waals surface area contributed by atoms with E-state index in [1.54, 1.807) is 0 Å². The van der Waals surface area contributed by atoms with Crippen molar-refractivity contribution < 1.29 is 4.74 Å². The third-order valence-corrected chi connectivity index (χ3v) is 7.21. The molecular weight excluding hydrogens is 356 g/mol. The highest BCUT2D eigenvalue weighted by Gasteiger charge is 2.38. The molecular formula is C15H26Br2O. The minimum atomic E-state index is 0.495. The predicted molar refractivity (Wildman–Crippen MR) is 84.8 cm³/mol. The van der Waals surface area contributed by atoms with Crippen LogP contribution in [0.3, 0.4) is 0 Å². The fourth-order valence-electron chi connectivity index (χ4n) is 3.68. The second-order valence-corrected chi connectivity index (χ2v) is 7.26. The smallest absolute Gasteiger partial charge is 0.0576 e. The molecule has 1 heterocycles. The molecule has 0 bridgehead atoms. The van der Waals surface area contributed by atoms with E-state index in [-0.39, 0.29) is 0 Å². The summed E-state index contributed by atoms with van der Waals surface area (Å²) in [5.74, 6) is 0.931. The van der Waals surface area contributed by atoms with Crippen LogP contribution in [0.15, 0.2) is 0 Å². The average Bonchev–Trinajstić information content (AvgIpc) is 3.08. The molecule has 0 spiro atoms. The molecule has 0 N–H and O–H groups in total. The topological polar surface area (TPSA) is 9.23 Å². The summed E-state index contributed by atoms with van der Waals surface area (Å²) in [6.45, 7) is 0.995. The van der Waals surface area contributed by atoms with Gasteiger partial charge in [0.05, 0.1) is 6.10 Å². The van der Waals surface area contributed by atoms with Crippen molar-refractivity contribution >= 4 is 31.9 Å². The molecule has 1 aliphatic carbocycles. The minimum Gasteiger partial charge on any atom is -0.378 e. The van der Waals surface area contributed by atoms with Crippen LogP contribution in [-0.4, -0.2) is 23.4 Å². The SMILES string of the molecule is BrCC(CBr)(CCCC1CCCO1)C1CCCC1. The van der Waals surface area contributed by atoms with Gasteiger partial charge in [-0.1, -0.05) is 51.1 Å². The zero-order chi connectivity index (χ0) is 12.8. The lowest BCUT2D eigenvalue weighted by molar-refractivity contribution is 0.0959. The van der Waals surface area contributed by atoms with Crippen LogP contribution in [0.1, 0.15) is 57.8 Å². The highest BCUT2D eigenvalue weighted by atomic mass is 79.9. The lowest BCUT2D eigenvalue weighted by Crippen LogP contribution is -2.33. The Morgan fingerprint density at radius 3 is 2.28 bits per heavy atom. The molecule has 1 atom stereocenters. The van der Waals surface area contributed by atoms with Gasteiger partial charge in [0.15, 0.2) is 0 Å². The van der Waals surface area contributed by atoms with Crippen LogP contribution in [0.5, 0.6) is 0 Å². The average molecular weight is 382 g/mol. The van der Waals surface area contributed by atoms with Crippen LogP contribution in [-0.2, 0) is 4.74 Å². The molecule has 106 valence electrons. The normalized spacial score (nSPS) is 26.0. The lowest BCUT2D eigenvalue weighted by atomic mass is 9.74. The van der Waals surface area contributed by atoms with Gasteiger partial charge in [0.1, 0.15) is 0 Å². The van der Waals surface area contributed by atoms with Crippen LogP contribution in [0, 0.1) is 11.3 Å². The Bertz CT molecular complexity index is 229. The van der Waals surface area contributed by atoms with E-state index in [1.807, 2.05) is 0 Å². The van der Waals surface area contributed by atoms with Gasteiger partial charge in [-0.05, 0) is 49.9 Å². The van der Waals surface area contributed by atoms with E-state index in [0.717, 1.165) is 23.2 Å². The van der Waals surface area contributed by atoms with Crippen molar-refractivity contribution in [1.29, 1.82) is 0 Å². The largest absolute Gasteiger partial charge is 0.378 e. The summed E-state index contributed by atoms with van der Waals surface area (Å²) in [6.07, 6.45) is 12.9. The monoisotopic (exact) mass is 380 g/mol. The first-order valence-electron chi connectivity index (χ1n) is 7.54. The number of alkyl halides is 2. The lowest BCUT2D eigenvalue weighted by Gasteiger charge is -2.36. The fraction of sp³-hybridized carbons (Fsp3) is 1.00. The number of ether oxygens (including phenoxy) is 1. The van der Waals surface area contributed by atoms with Gasteiger partial charge in [0, 0.05) is 17.3 Å². The van der Waals surface area contributed by atoms with Gasteiger partial charge in [-0.3, -0.25) is 0 Å². The Labute approximate surface area is 129 Å². The molecule has 3 heteroatoms. The number of rotatable bonds is 7. The van der Waals surface area contributed by atoms with Gasteiger partial charge >= 0.3 is 0 Å². The zero-order valence-electron chi connectivity index (χ0n) is 11.3. The molecule has 0 aromatic heterocycles. The van der Waals surface area contributed by atoms with Gasteiger partial charge in [-0.25, -0.2) is 0 Å². The molecule has 1 aliphatic heterocycles. The van der Waals surface area contributed by atoms with Crippen LogP contribution in [0.4, 0.5) is 0 Å². The maximum absolute atomic E-state index is 5.74. The molecule has 1 saturated heterocycles. The Hall–Kier alpha value is 0.920. The van der Waals surface area contributed by atoms with Crippen molar-refractivity contribution in [3.63, 3.8) is 0 Å². The third-order valence-electron chi connectivity index (χ3n) is 4.98. The van der Waals surface area contributed by atoms with Crippen LogP contribution >= 0.6 is 31.9 Å². The Balaban J connectivity index is 1.80. The molecule has 18 heavy (non-hydrogen) atoms. The molecule has 1 nitrogen and oxygen atoms in total. The van der Waals surface area contributed by atoms with Gasteiger partial charge in [-0.2, -0.15) is 0 Å². The summed E-state index contributed by atoms with van der Waals surface area (Å²) in [5.41, 5.74) is 0.495. The summed E-state index contributed by atoms with van der Waals surface area (Å²) < 4.78 is 5.74. The molecule has 0 aromatic rings. The summed E-state index contributed by atoms with van der Waals surface area (Å²) in [7, 11) is 0. The zero-order valence-corrected chi connectivity index (χ0v) is 14.5. The van der Waals surface area contributed by atoms with Gasteiger partial charge in [0.2, 0.25) is 0 Å². The molecule has 1 unspecified atom stereocenters. The Kier molecular flexibility index (Phi) is 6.50. The number of hydrogen-bond acceptors (Lipinski definition) is 1. The van der Waals surface area contributed by atoms with Gasteiger partial charge in [-0.15, -0.1) is 0 Å². The molecule has 2 aliphatic rings. The van der Waals surface area contributed by atoms with E-state index in [4.69, 9.17) is 4.74 Å². The Morgan fingerprint density at radius 2 is 1.72 bits per heavy atom. The second kappa shape index (κ2) is 7.64. The summed E-state index contributed by atoms with van der Waals surface area (Å²) >= 11 is 7.59. The maximum Gasteiger partial charge on any atom is 0.0576 e. The first kappa shape index (κ1) is 15.3. The van der Waals surface area contributed by atoms with Crippen molar-refractivity contribution in [2.75, 3.05) is 17.3 Å². The second-order valence-electron chi connectivity index (χ2n) is 6.14. The number of hydrogen-bond donors (Lipinski definition) is 0. The van der Waals surface area contributed by atoms with Crippen LogP contribution < -0.4 is 0 Å². The van der Waals surface area contributed by atoms with Crippen molar-refractivity contribution in [1.82, 2.24) is 0 Å².